The van der Waals surface area contributed by atoms with E-state index in [1.165, 1.54) is 25.7 Å². The van der Waals surface area contributed by atoms with Crippen LogP contribution in [0.15, 0.2) is 0 Å². The molecule has 0 saturated heterocycles. The second-order valence-electron chi connectivity index (χ2n) is 5.81. The summed E-state index contributed by atoms with van der Waals surface area (Å²) in [6, 6.07) is 0.785. The Balaban J connectivity index is 2.27. The highest BCUT2D eigenvalue weighted by atomic mass is 14.9. The van der Waals surface area contributed by atoms with Crippen molar-refractivity contribution in [3.8, 4) is 0 Å². The van der Waals surface area contributed by atoms with Gasteiger partial charge in [0.15, 0.2) is 0 Å². The number of rotatable bonds is 2. The molecule has 2 atom stereocenters. The van der Waals surface area contributed by atoms with E-state index in [4.69, 9.17) is 0 Å². The molecule has 1 nitrogen and oxygen atoms in total. The molecule has 1 saturated carbocycles. The van der Waals surface area contributed by atoms with Crippen molar-refractivity contribution in [2.45, 2.75) is 59.4 Å². The maximum Gasteiger partial charge on any atom is 0.00929 e. The van der Waals surface area contributed by atoms with Crippen LogP contribution in [-0.4, -0.2) is 12.6 Å². The zero-order valence-corrected chi connectivity index (χ0v) is 9.69. The van der Waals surface area contributed by atoms with Crippen molar-refractivity contribution < 1.29 is 0 Å². The second-order valence-corrected chi connectivity index (χ2v) is 5.81. The van der Waals surface area contributed by atoms with Crippen LogP contribution in [0.3, 0.4) is 0 Å². The first-order valence-electron chi connectivity index (χ1n) is 5.72. The molecule has 13 heavy (non-hydrogen) atoms. The monoisotopic (exact) mass is 183 g/mol. The molecular formula is C12H25N. The molecule has 1 heteroatoms. The average molecular weight is 183 g/mol. The number of hydrogen-bond donors (Lipinski definition) is 1. The van der Waals surface area contributed by atoms with Crippen LogP contribution in [0.1, 0.15) is 53.4 Å². The van der Waals surface area contributed by atoms with Gasteiger partial charge in [-0.25, -0.2) is 0 Å². The molecule has 0 aromatic carbocycles. The van der Waals surface area contributed by atoms with E-state index in [0.29, 0.717) is 5.41 Å². The molecule has 0 heterocycles. The molecule has 0 bridgehead atoms. The van der Waals surface area contributed by atoms with Crippen molar-refractivity contribution in [3.05, 3.63) is 0 Å². The van der Waals surface area contributed by atoms with Gasteiger partial charge in [0.25, 0.3) is 0 Å². The van der Waals surface area contributed by atoms with E-state index >= 15 is 0 Å². The van der Waals surface area contributed by atoms with E-state index in [9.17, 15) is 0 Å². The van der Waals surface area contributed by atoms with Gasteiger partial charge < -0.3 is 5.32 Å². The van der Waals surface area contributed by atoms with Gasteiger partial charge >= 0.3 is 0 Å². The second kappa shape index (κ2) is 4.45. The predicted octanol–water partition coefficient (Wildman–Crippen LogP) is 3.20. The quantitative estimate of drug-likeness (QED) is 0.693. The Hall–Kier alpha value is -0.0400. The Bertz CT molecular complexity index is 146. The Morgan fingerprint density at radius 2 is 1.77 bits per heavy atom. The van der Waals surface area contributed by atoms with Gasteiger partial charge in [-0.3, -0.25) is 0 Å². The summed E-state index contributed by atoms with van der Waals surface area (Å²) in [7, 11) is 0. The molecule has 0 aliphatic heterocycles. The molecule has 0 aromatic rings. The highest BCUT2D eigenvalue weighted by Crippen LogP contribution is 2.24. The molecule has 1 N–H and O–H groups in total. The Labute approximate surface area is 83.3 Å². The number of nitrogens with one attached hydrogen (secondary N) is 1. The molecular weight excluding hydrogens is 158 g/mol. The third-order valence-electron chi connectivity index (χ3n) is 3.01. The third kappa shape index (κ3) is 4.12. The van der Waals surface area contributed by atoms with Gasteiger partial charge in [0.05, 0.1) is 0 Å². The molecule has 0 aromatic heterocycles. The summed E-state index contributed by atoms with van der Waals surface area (Å²) in [4.78, 5) is 0. The van der Waals surface area contributed by atoms with Crippen molar-refractivity contribution in [2.75, 3.05) is 6.54 Å². The van der Waals surface area contributed by atoms with Gasteiger partial charge in [-0.05, 0) is 24.2 Å². The van der Waals surface area contributed by atoms with Crippen LogP contribution in [0, 0.1) is 11.3 Å². The van der Waals surface area contributed by atoms with Gasteiger partial charge in [-0.2, -0.15) is 0 Å². The summed E-state index contributed by atoms with van der Waals surface area (Å²) in [5, 5.41) is 3.71. The van der Waals surface area contributed by atoms with Crippen molar-refractivity contribution in [1.82, 2.24) is 5.32 Å². The first kappa shape index (κ1) is 11.0. The van der Waals surface area contributed by atoms with E-state index in [0.717, 1.165) is 18.5 Å². The summed E-state index contributed by atoms with van der Waals surface area (Å²) in [6.07, 6.45) is 5.67. The van der Waals surface area contributed by atoms with Crippen LogP contribution in [0.5, 0.6) is 0 Å². The number of hydrogen-bond acceptors (Lipinski definition) is 1. The van der Waals surface area contributed by atoms with Gasteiger partial charge in [-0.1, -0.05) is 40.5 Å². The lowest BCUT2D eigenvalue weighted by atomic mass is 9.85. The average Bonchev–Trinajstić information content (AvgIpc) is 2.01. The lowest BCUT2D eigenvalue weighted by Crippen LogP contribution is -2.41. The van der Waals surface area contributed by atoms with Crippen LogP contribution < -0.4 is 5.32 Å². The molecule has 1 aliphatic carbocycles. The van der Waals surface area contributed by atoms with Crippen LogP contribution in [0.2, 0.25) is 0 Å². The highest BCUT2D eigenvalue weighted by Gasteiger charge is 2.22. The van der Waals surface area contributed by atoms with Gasteiger partial charge in [0, 0.05) is 12.6 Å². The zero-order chi connectivity index (χ0) is 9.90. The van der Waals surface area contributed by atoms with Gasteiger partial charge in [-0.15, -0.1) is 0 Å². The van der Waals surface area contributed by atoms with Gasteiger partial charge in [0.1, 0.15) is 0 Å². The lowest BCUT2D eigenvalue weighted by molar-refractivity contribution is 0.249. The van der Waals surface area contributed by atoms with E-state index in [1.54, 1.807) is 0 Å². The van der Waals surface area contributed by atoms with Crippen molar-refractivity contribution in [3.63, 3.8) is 0 Å². The lowest BCUT2D eigenvalue weighted by Gasteiger charge is -2.32. The van der Waals surface area contributed by atoms with Crippen LogP contribution in [0.25, 0.3) is 0 Å². The Morgan fingerprint density at radius 1 is 1.15 bits per heavy atom. The fourth-order valence-corrected chi connectivity index (χ4v) is 2.06. The van der Waals surface area contributed by atoms with Crippen molar-refractivity contribution >= 4 is 0 Å². The molecule has 1 fully saturated rings. The summed E-state index contributed by atoms with van der Waals surface area (Å²) < 4.78 is 0. The largest absolute Gasteiger partial charge is 0.313 e. The van der Waals surface area contributed by atoms with Crippen LogP contribution in [-0.2, 0) is 0 Å². The zero-order valence-electron chi connectivity index (χ0n) is 9.69. The fourth-order valence-electron chi connectivity index (χ4n) is 2.06. The summed E-state index contributed by atoms with van der Waals surface area (Å²) >= 11 is 0. The van der Waals surface area contributed by atoms with Crippen molar-refractivity contribution in [2.24, 2.45) is 11.3 Å². The highest BCUT2D eigenvalue weighted by molar-refractivity contribution is 4.79. The van der Waals surface area contributed by atoms with Crippen LogP contribution in [0.4, 0.5) is 0 Å². The molecule has 0 radical (unpaired) electrons. The molecule has 78 valence electrons. The maximum atomic E-state index is 3.71. The smallest absolute Gasteiger partial charge is 0.00929 e. The topological polar surface area (TPSA) is 12.0 Å². The summed E-state index contributed by atoms with van der Waals surface area (Å²) in [5.74, 6) is 0.885. The fraction of sp³-hybridized carbons (Fsp3) is 1.00. The van der Waals surface area contributed by atoms with Crippen LogP contribution >= 0.6 is 0 Å². The minimum atomic E-state index is 0.428. The SMILES string of the molecule is C[C@@H]1CCCC[C@H]1NCC(C)(C)C. The normalized spacial score (nSPS) is 30.5. The third-order valence-corrected chi connectivity index (χ3v) is 3.01. The molecule has 0 amide bonds. The molecule has 0 spiro atoms. The van der Waals surface area contributed by atoms with E-state index < -0.39 is 0 Å². The van der Waals surface area contributed by atoms with E-state index in [-0.39, 0.29) is 0 Å². The Morgan fingerprint density at radius 3 is 2.31 bits per heavy atom. The molecule has 0 unspecified atom stereocenters. The van der Waals surface area contributed by atoms with Crippen molar-refractivity contribution in [1.29, 1.82) is 0 Å². The minimum Gasteiger partial charge on any atom is -0.313 e. The predicted molar refractivity (Wildman–Crippen MR) is 58.9 cm³/mol. The summed E-state index contributed by atoms with van der Waals surface area (Å²) in [5.41, 5.74) is 0.428. The first-order valence-corrected chi connectivity index (χ1v) is 5.72. The summed E-state index contributed by atoms with van der Waals surface area (Å²) in [6.45, 7) is 10.4. The maximum absolute atomic E-state index is 3.71. The van der Waals surface area contributed by atoms with E-state index in [1.807, 2.05) is 0 Å². The molecule has 1 aliphatic rings. The van der Waals surface area contributed by atoms with E-state index in [2.05, 4.69) is 33.0 Å². The first-order chi connectivity index (χ1) is 5.99. The molecule has 1 rings (SSSR count). The van der Waals surface area contributed by atoms with Gasteiger partial charge in [0.2, 0.25) is 0 Å². The Kier molecular flexibility index (Phi) is 3.78. The minimum absolute atomic E-state index is 0.428. The standard InChI is InChI=1S/C12H25N/c1-10-7-5-6-8-11(10)13-9-12(2,3)4/h10-11,13H,5-9H2,1-4H3/t10-,11-/m1/s1.